The molecule has 1 unspecified atom stereocenters. The number of aryl methyl sites for hydroxylation is 2. The van der Waals surface area contributed by atoms with E-state index in [1.807, 2.05) is 52.8 Å². The average molecular weight is 327 g/mol. The lowest BCUT2D eigenvalue weighted by atomic mass is 9.89. The molecule has 0 heterocycles. The maximum absolute atomic E-state index is 13.2. The zero-order chi connectivity index (χ0) is 17.3. The van der Waals surface area contributed by atoms with Gasteiger partial charge in [-0.2, -0.15) is 0 Å². The zero-order valence-corrected chi connectivity index (χ0v) is 15.6. The van der Waals surface area contributed by atoms with Gasteiger partial charge >= 0.3 is 7.80 Å². The molecule has 2 nitrogen and oxygen atoms in total. The standard InChI is InChI=1S/C20H24O2P/c1-12(2)23(22)18-10-8-7-9-17(18)20(21)19-14(4)11-13(3)15(5)16(19)6/h7-12H,1-6H3/q+1. The van der Waals surface area contributed by atoms with E-state index in [0.29, 0.717) is 10.9 Å². The van der Waals surface area contributed by atoms with Gasteiger partial charge in [0.1, 0.15) is 0 Å². The fourth-order valence-electron chi connectivity index (χ4n) is 2.90. The quantitative estimate of drug-likeness (QED) is 0.584. The van der Waals surface area contributed by atoms with E-state index in [4.69, 9.17) is 0 Å². The van der Waals surface area contributed by atoms with Crippen LogP contribution in [0.25, 0.3) is 0 Å². The second kappa shape index (κ2) is 6.76. The first-order valence-corrected chi connectivity index (χ1v) is 9.26. The molecule has 0 bridgehead atoms. The molecule has 0 saturated carbocycles. The van der Waals surface area contributed by atoms with Crippen LogP contribution in [0.1, 0.15) is 52.0 Å². The molecule has 0 fully saturated rings. The molecule has 0 aliphatic heterocycles. The fourth-order valence-corrected chi connectivity index (χ4v) is 4.11. The molecule has 0 radical (unpaired) electrons. The van der Waals surface area contributed by atoms with Crippen molar-refractivity contribution in [2.75, 3.05) is 0 Å². The van der Waals surface area contributed by atoms with E-state index in [0.717, 1.165) is 22.3 Å². The van der Waals surface area contributed by atoms with Crippen molar-refractivity contribution in [3.63, 3.8) is 0 Å². The first-order valence-electron chi connectivity index (χ1n) is 7.93. The molecule has 120 valence electrons. The Kier molecular flexibility index (Phi) is 5.16. The van der Waals surface area contributed by atoms with E-state index in [1.54, 1.807) is 6.07 Å². The zero-order valence-electron chi connectivity index (χ0n) is 14.7. The Morgan fingerprint density at radius 2 is 1.57 bits per heavy atom. The molecule has 2 aromatic carbocycles. The van der Waals surface area contributed by atoms with Gasteiger partial charge in [0.2, 0.25) is 5.30 Å². The number of carbonyl (C=O) groups is 1. The van der Waals surface area contributed by atoms with Crippen molar-refractivity contribution in [3.8, 4) is 0 Å². The molecule has 0 saturated heterocycles. The third-order valence-electron chi connectivity index (χ3n) is 4.44. The van der Waals surface area contributed by atoms with E-state index in [9.17, 15) is 9.36 Å². The Labute approximate surface area is 139 Å². The monoisotopic (exact) mass is 327 g/mol. The molecule has 2 rings (SSSR count). The molecule has 0 aromatic heterocycles. The summed E-state index contributed by atoms with van der Waals surface area (Å²) < 4.78 is 12.6. The molecule has 23 heavy (non-hydrogen) atoms. The average Bonchev–Trinajstić information content (AvgIpc) is 2.51. The third-order valence-corrected chi connectivity index (χ3v) is 6.24. The lowest BCUT2D eigenvalue weighted by Crippen LogP contribution is -2.17. The maximum atomic E-state index is 13.2. The molecule has 0 aliphatic rings. The van der Waals surface area contributed by atoms with Crippen molar-refractivity contribution < 1.29 is 9.36 Å². The largest absolute Gasteiger partial charge is 0.380 e. The number of hydrogen-bond donors (Lipinski definition) is 0. The lowest BCUT2D eigenvalue weighted by molar-refractivity contribution is 0.103. The van der Waals surface area contributed by atoms with Crippen molar-refractivity contribution in [2.45, 2.75) is 47.2 Å². The van der Waals surface area contributed by atoms with Crippen LogP contribution >= 0.6 is 7.80 Å². The summed E-state index contributed by atoms with van der Waals surface area (Å²) in [7, 11) is -1.58. The molecular weight excluding hydrogens is 303 g/mol. The predicted molar refractivity (Wildman–Crippen MR) is 97.6 cm³/mol. The number of carbonyl (C=O) groups excluding carboxylic acids is 1. The van der Waals surface area contributed by atoms with Gasteiger partial charge in [-0.25, -0.2) is 0 Å². The first-order chi connectivity index (χ1) is 10.8. The molecule has 0 spiro atoms. The van der Waals surface area contributed by atoms with Crippen LogP contribution in [0, 0.1) is 27.7 Å². The number of benzene rings is 2. The van der Waals surface area contributed by atoms with E-state index < -0.39 is 7.80 Å². The van der Waals surface area contributed by atoms with Gasteiger partial charge in [-0.1, -0.05) is 22.8 Å². The Morgan fingerprint density at radius 3 is 2.17 bits per heavy atom. The van der Waals surface area contributed by atoms with E-state index >= 15 is 0 Å². The van der Waals surface area contributed by atoms with Crippen LogP contribution in [0.5, 0.6) is 0 Å². The maximum Gasteiger partial charge on any atom is 0.380 e. The van der Waals surface area contributed by atoms with Crippen LogP contribution in [0.4, 0.5) is 0 Å². The highest BCUT2D eigenvalue weighted by Crippen LogP contribution is 2.30. The van der Waals surface area contributed by atoms with Gasteiger partial charge in [-0.3, -0.25) is 4.79 Å². The molecule has 0 aliphatic carbocycles. The van der Waals surface area contributed by atoms with Crippen LogP contribution in [-0.4, -0.2) is 11.4 Å². The summed E-state index contributed by atoms with van der Waals surface area (Å²) in [4.78, 5) is 13.2. The van der Waals surface area contributed by atoms with Crippen LogP contribution in [0.2, 0.25) is 0 Å². The molecule has 3 heteroatoms. The fraction of sp³-hybridized carbons (Fsp3) is 0.350. The summed E-state index contributed by atoms with van der Waals surface area (Å²) in [5, 5.41) is 0.666. The summed E-state index contributed by atoms with van der Waals surface area (Å²) in [6.45, 7) is 11.9. The Morgan fingerprint density at radius 1 is 0.957 bits per heavy atom. The van der Waals surface area contributed by atoms with Gasteiger partial charge in [0.05, 0.1) is 5.56 Å². The van der Waals surface area contributed by atoms with Crippen LogP contribution < -0.4 is 5.30 Å². The van der Waals surface area contributed by atoms with Crippen LogP contribution in [0.15, 0.2) is 30.3 Å². The molecule has 0 N–H and O–H groups in total. The van der Waals surface area contributed by atoms with Crippen LogP contribution in [0.3, 0.4) is 0 Å². The van der Waals surface area contributed by atoms with Gasteiger partial charge in [-0.05, 0) is 75.9 Å². The van der Waals surface area contributed by atoms with Crippen molar-refractivity contribution in [2.24, 2.45) is 0 Å². The minimum absolute atomic E-state index is 0.0147. The molecule has 1 atom stereocenters. The second-order valence-corrected chi connectivity index (χ2v) is 8.57. The summed E-state index contributed by atoms with van der Waals surface area (Å²) in [5.74, 6) is -0.0253. The number of rotatable bonds is 4. The van der Waals surface area contributed by atoms with Crippen molar-refractivity contribution >= 4 is 18.9 Å². The lowest BCUT2D eigenvalue weighted by Gasteiger charge is -2.14. The minimum Gasteiger partial charge on any atom is -0.288 e. The second-order valence-electron chi connectivity index (χ2n) is 6.40. The third kappa shape index (κ3) is 3.28. The summed E-state index contributed by atoms with van der Waals surface area (Å²) in [6.07, 6.45) is 0. The normalized spacial score (nSPS) is 11.7. The van der Waals surface area contributed by atoms with E-state index in [-0.39, 0.29) is 11.4 Å². The van der Waals surface area contributed by atoms with Gasteiger partial charge in [0.25, 0.3) is 0 Å². The number of hydrogen-bond acceptors (Lipinski definition) is 2. The van der Waals surface area contributed by atoms with Crippen molar-refractivity contribution in [1.82, 2.24) is 0 Å². The molecule has 0 amide bonds. The minimum atomic E-state index is -1.58. The van der Waals surface area contributed by atoms with E-state index in [1.165, 1.54) is 5.56 Å². The van der Waals surface area contributed by atoms with Crippen molar-refractivity contribution in [1.29, 1.82) is 0 Å². The SMILES string of the molecule is Cc1cc(C)c(C(=O)c2ccccc2[P+](=O)C(C)C)c(C)c1C. The summed E-state index contributed by atoms with van der Waals surface area (Å²) >= 11 is 0. The highest BCUT2D eigenvalue weighted by Gasteiger charge is 2.31. The molecular formula is C20H24O2P+. The van der Waals surface area contributed by atoms with Gasteiger partial charge in [-0.15, -0.1) is 0 Å². The van der Waals surface area contributed by atoms with Crippen molar-refractivity contribution in [3.05, 3.63) is 63.7 Å². The highest BCUT2D eigenvalue weighted by molar-refractivity contribution is 7.54. The smallest absolute Gasteiger partial charge is 0.288 e. The highest BCUT2D eigenvalue weighted by atomic mass is 31.1. The molecule has 2 aromatic rings. The Bertz CT molecular complexity index is 788. The first kappa shape index (κ1) is 17.6. The van der Waals surface area contributed by atoms with Gasteiger partial charge < -0.3 is 0 Å². The van der Waals surface area contributed by atoms with Crippen LogP contribution in [-0.2, 0) is 4.57 Å². The summed E-state index contributed by atoms with van der Waals surface area (Å²) in [5.41, 5.74) is 5.65. The topological polar surface area (TPSA) is 34.1 Å². The van der Waals surface area contributed by atoms with E-state index in [2.05, 4.69) is 13.0 Å². The van der Waals surface area contributed by atoms with Gasteiger partial charge in [0, 0.05) is 5.56 Å². The Balaban J connectivity index is 2.64. The Hall–Kier alpha value is -1.79. The predicted octanol–water partition coefficient (Wildman–Crippen LogP) is 5.01. The summed E-state index contributed by atoms with van der Waals surface area (Å²) in [6, 6.07) is 9.35. The number of ketones is 1. The van der Waals surface area contributed by atoms with Gasteiger partial charge in [0.15, 0.2) is 11.4 Å².